The number of benzene rings is 1. The lowest BCUT2D eigenvalue weighted by molar-refractivity contribution is -0.130. The Bertz CT molecular complexity index is 919. The van der Waals surface area contributed by atoms with Crippen LogP contribution in [0.1, 0.15) is 22.2 Å². The molecule has 0 radical (unpaired) electrons. The Morgan fingerprint density at radius 3 is 2.63 bits per heavy atom. The maximum Gasteiger partial charge on any atom is 0.253 e. The summed E-state index contributed by atoms with van der Waals surface area (Å²) in [5, 5.41) is 10.5. The number of rotatable bonds is 6. The molecule has 3 heterocycles. The molecule has 1 aliphatic heterocycles. The summed E-state index contributed by atoms with van der Waals surface area (Å²) < 4.78 is 5.18. The van der Waals surface area contributed by atoms with E-state index >= 15 is 0 Å². The summed E-state index contributed by atoms with van der Waals surface area (Å²) in [6.07, 6.45) is 0.764. The average Bonchev–Trinajstić information content (AvgIpc) is 3.46. The van der Waals surface area contributed by atoms with E-state index in [9.17, 15) is 4.79 Å². The molecular formula is C20H18N2O2S3. The molecule has 0 unspecified atom stereocenters. The molecule has 0 saturated carbocycles. The molecule has 7 heteroatoms. The Labute approximate surface area is 170 Å². The van der Waals surface area contributed by atoms with E-state index in [0.717, 1.165) is 27.7 Å². The van der Waals surface area contributed by atoms with Crippen LogP contribution in [-0.2, 0) is 4.79 Å². The minimum atomic E-state index is -0.00827. The van der Waals surface area contributed by atoms with Crippen LogP contribution in [0.5, 0.6) is 5.75 Å². The smallest absolute Gasteiger partial charge is 0.253 e. The molecular weight excluding hydrogens is 396 g/mol. The molecule has 0 spiro atoms. The average molecular weight is 415 g/mol. The van der Waals surface area contributed by atoms with E-state index in [1.807, 2.05) is 47.2 Å². The summed E-state index contributed by atoms with van der Waals surface area (Å²) in [7, 11) is 1.65. The maximum atomic E-state index is 12.9. The first kappa shape index (κ1) is 18.3. The molecule has 0 bridgehead atoms. The second-order valence-corrected chi connectivity index (χ2v) is 8.94. The molecule has 138 valence electrons. The number of ether oxygens (including phenoxy) is 1. The van der Waals surface area contributed by atoms with Gasteiger partial charge in [-0.15, -0.1) is 34.4 Å². The van der Waals surface area contributed by atoms with Gasteiger partial charge in [0.25, 0.3) is 5.91 Å². The zero-order valence-electron chi connectivity index (χ0n) is 14.7. The largest absolute Gasteiger partial charge is 0.497 e. The van der Waals surface area contributed by atoms with Crippen LogP contribution in [0, 0.1) is 0 Å². The fourth-order valence-electron chi connectivity index (χ4n) is 2.92. The second-order valence-electron chi connectivity index (χ2n) is 5.96. The topological polar surface area (TPSA) is 41.9 Å². The zero-order chi connectivity index (χ0) is 18.6. The van der Waals surface area contributed by atoms with Crippen molar-refractivity contribution in [2.75, 3.05) is 12.9 Å². The molecule has 1 amide bonds. The monoisotopic (exact) mass is 414 g/mol. The first-order valence-electron chi connectivity index (χ1n) is 8.48. The highest BCUT2D eigenvalue weighted by atomic mass is 32.2. The zero-order valence-corrected chi connectivity index (χ0v) is 17.2. The Kier molecular flexibility index (Phi) is 5.61. The molecule has 4 rings (SSSR count). The summed E-state index contributed by atoms with van der Waals surface area (Å²) in [6.45, 7) is 0. The van der Waals surface area contributed by atoms with Crippen molar-refractivity contribution in [3.8, 4) is 5.75 Å². The van der Waals surface area contributed by atoms with Crippen molar-refractivity contribution in [1.82, 2.24) is 5.01 Å². The fraction of sp³-hybridized carbons (Fsp3) is 0.200. The van der Waals surface area contributed by atoms with Crippen LogP contribution in [0.15, 0.2) is 69.3 Å². The minimum Gasteiger partial charge on any atom is -0.497 e. The van der Waals surface area contributed by atoms with E-state index in [1.165, 1.54) is 16.6 Å². The Morgan fingerprint density at radius 2 is 1.96 bits per heavy atom. The van der Waals surface area contributed by atoms with E-state index in [2.05, 4.69) is 12.1 Å². The van der Waals surface area contributed by atoms with Crippen molar-refractivity contribution in [2.24, 2.45) is 5.10 Å². The van der Waals surface area contributed by atoms with Crippen LogP contribution in [0.2, 0.25) is 0 Å². The van der Waals surface area contributed by atoms with E-state index in [0.29, 0.717) is 5.75 Å². The molecule has 27 heavy (non-hydrogen) atoms. The third-order valence-corrected chi connectivity index (χ3v) is 7.15. The number of carbonyl (C=O) groups excluding carboxylic acids is 1. The van der Waals surface area contributed by atoms with Gasteiger partial charge in [0.15, 0.2) is 0 Å². The Morgan fingerprint density at radius 1 is 1.19 bits per heavy atom. The van der Waals surface area contributed by atoms with E-state index in [4.69, 9.17) is 9.84 Å². The van der Waals surface area contributed by atoms with Gasteiger partial charge >= 0.3 is 0 Å². The number of thiophene rings is 2. The van der Waals surface area contributed by atoms with Gasteiger partial charge < -0.3 is 4.74 Å². The molecule has 1 aliphatic rings. The van der Waals surface area contributed by atoms with Crippen molar-refractivity contribution in [3.05, 3.63) is 69.0 Å². The lowest BCUT2D eigenvalue weighted by Crippen LogP contribution is -2.28. The number of hydrogen-bond acceptors (Lipinski definition) is 6. The van der Waals surface area contributed by atoms with Crippen LogP contribution in [0.25, 0.3) is 0 Å². The molecule has 0 aliphatic carbocycles. The highest BCUT2D eigenvalue weighted by molar-refractivity contribution is 8.00. The van der Waals surface area contributed by atoms with Gasteiger partial charge in [-0.1, -0.05) is 12.1 Å². The molecule has 0 saturated heterocycles. The van der Waals surface area contributed by atoms with Gasteiger partial charge in [-0.3, -0.25) is 4.79 Å². The third-order valence-electron chi connectivity index (χ3n) is 4.26. The van der Waals surface area contributed by atoms with Crippen LogP contribution in [0.4, 0.5) is 0 Å². The van der Waals surface area contributed by atoms with Crippen molar-refractivity contribution in [2.45, 2.75) is 17.4 Å². The van der Waals surface area contributed by atoms with Crippen LogP contribution in [0.3, 0.4) is 0 Å². The third kappa shape index (κ3) is 4.10. The minimum absolute atomic E-state index is 0.00827. The Balaban J connectivity index is 1.49. The summed E-state index contributed by atoms with van der Waals surface area (Å²) in [5.74, 6) is 1.20. The molecule has 2 aromatic heterocycles. The molecule has 1 aromatic carbocycles. The lowest BCUT2D eigenvalue weighted by atomic mass is 10.1. The number of methoxy groups -OCH3 is 1. The van der Waals surface area contributed by atoms with Crippen molar-refractivity contribution in [3.63, 3.8) is 0 Å². The van der Waals surface area contributed by atoms with Gasteiger partial charge in [-0.2, -0.15) is 5.10 Å². The first-order chi connectivity index (χ1) is 13.2. The molecule has 4 nitrogen and oxygen atoms in total. The van der Waals surface area contributed by atoms with Crippen LogP contribution >= 0.6 is 34.4 Å². The van der Waals surface area contributed by atoms with Crippen LogP contribution in [-0.4, -0.2) is 29.5 Å². The predicted octanol–water partition coefficient (Wildman–Crippen LogP) is 5.29. The van der Waals surface area contributed by atoms with Gasteiger partial charge in [-0.25, -0.2) is 5.01 Å². The summed E-state index contributed by atoms with van der Waals surface area (Å²) in [4.78, 5) is 16.3. The van der Waals surface area contributed by atoms with E-state index in [1.54, 1.807) is 34.8 Å². The van der Waals surface area contributed by atoms with E-state index in [-0.39, 0.29) is 11.9 Å². The number of thioether (sulfide) groups is 1. The maximum absolute atomic E-state index is 12.9. The summed E-state index contributed by atoms with van der Waals surface area (Å²) >= 11 is 4.86. The quantitative estimate of drug-likeness (QED) is 0.515. The Hall–Kier alpha value is -2.09. The molecule has 1 atom stereocenters. The number of nitrogens with zero attached hydrogens (tertiary/aromatic N) is 2. The number of amides is 1. The number of hydrazone groups is 1. The van der Waals surface area contributed by atoms with Gasteiger partial charge in [0.1, 0.15) is 5.75 Å². The number of carbonyl (C=O) groups is 1. The van der Waals surface area contributed by atoms with Crippen LogP contribution < -0.4 is 4.74 Å². The van der Waals surface area contributed by atoms with Crippen molar-refractivity contribution in [1.29, 1.82) is 0 Å². The van der Waals surface area contributed by atoms with Gasteiger partial charge in [0.2, 0.25) is 0 Å². The first-order valence-corrected chi connectivity index (χ1v) is 11.2. The lowest BCUT2D eigenvalue weighted by Gasteiger charge is -2.20. The van der Waals surface area contributed by atoms with Gasteiger partial charge in [0.05, 0.1) is 29.5 Å². The molecule has 0 fully saturated rings. The highest BCUT2D eigenvalue weighted by Crippen LogP contribution is 2.36. The van der Waals surface area contributed by atoms with E-state index < -0.39 is 0 Å². The highest BCUT2D eigenvalue weighted by Gasteiger charge is 2.33. The second kappa shape index (κ2) is 8.29. The standard InChI is InChI=1S/C20H18N2O2S3/c1-24-14-6-8-15(9-7-14)27-13-20(23)22-17(19-5-3-11-26-19)12-16(21-22)18-4-2-10-25-18/h2-11,17H,12-13H2,1H3/t17-/m0/s1. The number of hydrogen-bond donors (Lipinski definition) is 0. The fourth-order valence-corrected chi connectivity index (χ4v) is 5.20. The normalized spacial score (nSPS) is 16.4. The van der Waals surface area contributed by atoms with Crippen molar-refractivity contribution >= 4 is 46.1 Å². The summed E-state index contributed by atoms with van der Waals surface area (Å²) in [6, 6.07) is 15.9. The van der Waals surface area contributed by atoms with Crippen molar-refractivity contribution < 1.29 is 9.53 Å². The summed E-state index contributed by atoms with van der Waals surface area (Å²) in [5.41, 5.74) is 0.992. The SMILES string of the molecule is COc1ccc(SCC(=O)N2N=C(c3cccs3)C[C@H]2c2cccs2)cc1. The molecule has 0 N–H and O–H groups in total. The van der Waals surface area contributed by atoms with Gasteiger partial charge in [0, 0.05) is 16.2 Å². The molecule has 3 aromatic rings. The van der Waals surface area contributed by atoms with Gasteiger partial charge in [-0.05, 0) is 47.2 Å². The predicted molar refractivity (Wildman–Crippen MR) is 113 cm³/mol.